The van der Waals surface area contributed by atoms with Gasteiger partial charge < -0.3 is 9.30 Å². The van der Waals surface area contributed by atoms with E-state index in [1.165, 1.54) is 5.56 Å². The second kappa shape index (κ2) is 5.66. The molecule has 0 aliphatic carbocycles. The molecule has 20 heavy (non-hydrogen) atoms. The third-order valence-electron chi connectivity index (χ3n) is 3.29. The van der Waals surface area contributed by atoms with Crippen LogP contribution in [0.4, 0.5) is 0 Å². The Hall–Kier alpha value is -2.48. The number of ether oxygens (including phenoxy) is 1. The molecule has 0 bridgehead atoms. The molecule has 2 aromatic carbocycles. The fourth-order valence-electron chi connectivity index (χ4n) is 2.32. The third kappa shape index (κ3) is 2.59. The van der Waals surface area contributed by atoms with Crippen LogP contribution in [0.25, 0.3) is 11.3 Å². The fourth-order valence-corrected chi connectivity index (χ4v) is 2.32. The Morgan fingerprint density at radius 3 is 2.15 bits per heavy atom. The number of benzene rings is 2. The highest BCUT2D eigenvalue weighted by atomic mass is 16.5. The molecule has 2 nitrogen and oxygen atoms in total. The van der Waals surface area contributed by atoms with Gasteiger partial charge in [-0.2, -0.15) is 0 Å². The van der Waals surface area contributed by atoms with Crippen molar-refractivity contribution in [2.75, 3.05) is 0 Å². The molecule has 0 N–H and O–H groups in total. The van der Waals surface area contributed by atoms with Gasteiger partial charge in [-0.3, -0.25) is 0 Å². The number of aromatic nitrogens is 1. The molecule has 2 heteroatoms. The summed E-state index contributed by atoms with van der Waals surface area (Å²) in [5.74, 6) is 0.882. The lowest BCUT2D eigenvalue weighted by Crippen LogP contribution is -2.12. The first-order chi connectivity index (χ1) is 9.84. The molecule has 0 fully saturated rings. The van der Waals surface area contributed by atoms with Gasteiger partial charge in [0.25, 0.3) is 0 Å². The number of nitrogens with zero attached hydrogens (tertiary/aromatic N) is 1. The minimum Gasteiger partial charge on any atom is -0.470 e. The van der Waals surface area contributed by atoms with Gasteiger partial charge in [-0.1, -0.05) is 48.5 Å². The highest BCUT2D eigenvalue weighted by molar-refractivity contribution is 5.59. The van der Waals surface area contributed by atoms with Crippen molar-refractivity contribution in [2.45, 2.75) is 13.2 Å². The average Bonchev–Trinajstić information content (AvgIpc) is 2.99. The second-order valence-corrected chi connectivity index (χ2v) is 4.70. The Morgan fingerprint density at radius 1 is 0.800 bits per heavy atom. The van der Waals surface area contributed by atoms with Crippen LogP contribution in [0.1, 0.15) is 13.2 Å². The molecule has 0 spiro atoms. The number of para-hydroxylation sites is 1. The van der Waals surface area contributed by atoms with Gasteiger partial charge in [0.2, 0.25) is 0 Å². The highest BCUT2D eigenvalue weighted by Gasteiger charge is 2.11. The minimum atomic E-state index is -0.0531. The molecule has 1 atom stereocenters. The van der Waals surface area contributed by atoms with E-state index < -0.39 is 0 Å². The van der Waals surface area contributed by atoms with Gasteiger partial charge in [0, 0.05) is 6.20 Å². The van der Waals surface area contributed by atoms with E-state index in [0.717, 1.165) is 11.4 Å². The van der Waals surface area contributed by atoms with Crippen molar-refractivity contribution in [3.05, 3.63) is 79.0 Å². The van der Waals surface area contributed by atoms with Crippen molar-refractivity contribution in [1.82, 2.24) is 4.57 Å². The maximum atomic E-state index is 5.98. The zero-order chi connectivity index (χ0) is 13.8. The first-order valence-corrected chi connectivity index (χ1v) is 6.78. The molecule has 0 saturated heterocycles. The largest absolute Gasteiger partial charge is 0.470 e. The minimum absolute atomic E-state index is 0.0531. The number of rotatable bonds is 4. The van der Waals surface area contributed by atoms with Crippen LogP contribution in [-0.2, 0) is 0 Å². The average molecular weight is 263 g/mol. The summed E-state index contributed by atoms with van der Waals surface area (Å²) in [6.07, 6.45) is 2.00. The quantitative estimate of drug-likeness (QED) is 0.662. The van der Waals surface area contributed by atoms with E-state index in [1.54, 1.807) is 0 Å². The van der Waals surface area contributed by atoms with E-state index in [2.05, 4.69) is 48.0 Å². The SMILES string of the molecule is C[C@H](Oc1ccccc1)n1cccc1-c1ccccc1. The van der Waals surface area contributed by atoms with Crippen LogP contribution in [0.5, 0.6) is 5.75 Å². The van der Waals surface area contributed by atoms with Crippen molar-refractivity contribution in [2.24, 2.45) is 0 Å². The predicted octanol–water partition coefficient (Wildman–Crippen LogP) is 4.75. The van der Waals surface area contributed by atoms with Gasteiger partial charge in [-0.25, -0.2) is 0 Å². The Morgan fingerprint density at radius 2 is 1.45 bits per heavy atom. The summed E-state index contributed by atoms with van der Waals surface area (Å²) in [4.78, 5) is 0. The maximum absolute atomic E-state index is 5.98. The number of hydrogen-bond acceptors (Lipinski definition) is 1. The standard InChI is InChI=1S/C18H17NO/c1-15(20-17-11-6-3-7-12-17)19-14-8-13-18(19)16-9-4-2-5-10-16/h2-15H,1H3/t15-/m0/s1. The van der Waals surface area contributed by atoms with Gasteiger partial charge in [0.05, 0.1) is 5.69 Å². The lowest BCUT2D eigenvalue weighted by molar-refractivity contribution is 0.155. The summed E-state index contributed by atoms with van der Waals surface area (Å²) >= 11 is 0. The Kier molecular flexibility index (Phi) is 3.55. The van der Waals surface area contributed by atoms with E-state index in [0.29, 0.717) is 0 Å². The first kappa shape index (κ1) is 12.5. The van der Waals surface area contributed by atoms with Gasteiger partial charge in [0.1, 0.15) is 5.75 Å². The molecule has 1 aromatic heterocycles. The third-order valence-corrected chi connectivity index (χ3v) is 3.29. The van der Waals surface area contributed by atoms with E-state index in [4.69, 9.17) is 4.74 Å². The zero-order valence-corrected chi connectivity index (χ0v) is 11.4. The lowest BCUT2D eigenvalue weighted by atomic mass is 10.1. The lowest BCUT2D eigenvalue weighted by Gasteiger charge is -2.19. The summed E-state index contributed by atoms with van der Waals surface area (Å²) in [7, 11) is 0. The van der Waals surface area contributed by atoms with Crippen LogP contribution >= 0.6 is 0 Å². The van der Waals surface area contributed by atoms with E-state index in [-0.39, 0.29) is 6.23 Å². The van der Waals surface area contributed by atoms with E-state index in [1.807, 2.05) is 42.5 Å². The summed E-state index contributed by atoms with van der Waals surface area (Å²) in [5, 5.41) is 0. The van der Waals surface area contributed by atoms with E-state index in [9.17, 15) is 0 Å². The van der Waals surface area contributed by atoms with Gasteiger partial charge in [0.15, 0.2) is 6.23 Å². The van der Waals surface area contributed by atoms with Crippen LogP contribution < -0.4 is 4.74 Å². The molecule has 0 saturated carbocycles. The molecule has 0 amide bonds. The van der Waals surface area contributed by atoms with Crippen molar-refractivity contribution >= 4 is 0 Å². The van der Waals surface area contributed by atoms with Crippen molar-refractivity contribution in [3.63, 3.8) is 0 Å². The van der Waals surface area contributed by atoms with E-state index >= 15 is 0 Å². The van der Waals surface area contributed by atoms with Crippen LogP contribution in [-0.4, -0.2) is 4.57 Å². The van der Waals surface area contributed by atoms with Crippen LogP contribution in [0.15, 0.2) is 79.0 Å². The van der Waals surface area contributed by atoms with Crippen molar-refractivity contribution in [1.29, 1.82) is 0 Å². The van der Waals surface area contributed by atoms with Crippen molar-refractivity contribution < 1.29 is 4.74 Å². The fraction of sp³-hybridized carbons (Fsp3) is 0.111. The zero-order valence-electron chi connectivity index (χ0n) is 11.4. The molecule has 1 heterocycles. The van der Waals surface area contributed by atoms with Gasteiger partial charge in [-0.15, -0.1) is 0 Å². The molecular formula is C18H17NO. The molecule has 0 unspecified atom stereocenters. The van der Waals surface area contributed by atoms with Gasteiger partial charge >= 0.3 is 0 Å². The summed E-state index contributed by atoms with van der Waals surface area (Å²) in [5.41, 5.74) is 2.36. The summed E-state index contributed by atoms with van der Waals surface area (Å²) in [6.45, 7) is 2.06. The molecule has 100 valence electrons. The Labute approximate surface area is 119 Å². The molecular weight excluding hydrogens is 246 g/mol. The molecule has 3 aromatic rings. The monoisotopic (exact) mass is 263 g/mol. The first-order valence-electron chi connectivity index (χ1n) is 6.78. The number of hydrogen-bond donors (Lipinski definition) is 0. The van der Waals surface area contributed by atoms with Crippen LogP contribution in [0.2, 0.25) is 0 Å². The van der Waals surface area contributed by atoms with Crippen LogP contribution in [0.3, 0.4) is 0 Å². The molecule has 0 aliphatic heterocycles. The highest BCUT2D eigenvalue weighted by Crippen LogP contribution is 2.25. The Balaban J connectivity index is 1.86. The second-order valence-electron chi connectivity index (χ2n) is 4.70. The predicted molar refractivity (Wildman–Crippen MR) is 81.6 cm³/mol. The summed E-state index contributed by atoms with van der Waals surface area (Å²) < 4.78 is 8.13. The molecule has 3 rings (SSSR count). The molecule has 0 aliphatic rings. The topological polar surface area (TPSA) is 14.2 Å². The maximum Gasteiger partial charge on any atom is 0.173 e. The van der Waals surface area contributed by atoms with Gasteiger partial charge in [-0.05, 0) is 36.8 Å². The molecule has 0 radical (unpaired) electrons. The normalized spacial score (nSPS) is 12.1. The summed E-state index contributed by atoms with van der Waals surface area (Å²) in [6, 6.07) is 24.4. The van der Waals surface area contributed by atoms with Crippen molar-refractivity contribution in [3.8, 4) is 17.0 Å². The Bertz CT molecular complexity index is 658. The van der Waals surface area contributed by atoms with Crippen LogP contribution in [0, 0.1) is 0 Å². The smallest absolute Gasteiger partial charge is 0.173 e.